The first-order chi connectivity index (χ1) is 26.0. The molecule has 1 N–H and O–H groups in total. The highest BCUT2D eigenvalue weighted by molar-refractivity contribution is 5.92. The van der Waals surface area contributed by atoms with Crippen molar-refractivity contribution in [1.29, 1.82) is 0 Å². The van der Waals surface area contributed by atoms with E-state index >= 15 is 0 Å². The third-order valence-corrected chi connectivity index (χ3v) is 10.3. The van der Waals surface area contributed by atoms with E-state index in [2.05, 4.69) is 180 Å². The van der Waals surface area contributed by atoms with Gasteiger partial charge in [-0.05, 0) is 92.7 Å². The van der Waals surface area contributed by atoms with E-state index in [0.29, 0.717) is 0 Å². The number of rotatable bonds is 6. The number of fused-ring (bicyclic) bond motifs is 1. The highest BCUT2D eigenvalue weighted by Gasteiger charge is 2.29. The number of phenols is 1. The maximum absolute atomic E-state index is 12.1. The molecule has 4 nitrogen and oxygen atoms in total. The topological polar surface area (TPSA) is 50.4 Å². The Kier molecular flexibility index (Phi) is 8.78. The van der Waals surface area contributed by atoms with Gasteiger partial charge >= 0.3 is 0 Å². The van der Waals surface area contributed by atoms with E-state index in [1.807, 2.05) is 24.4 Å². The molecule has 3 aromatic heterocycles. The Morgan fingerprint density at radius 3 is 1.72 bits per heavy atom. The first-order valence-electron chi connectivity index (χ1n) is 18.6. The minimum absolute atomic E-state index is 0.139. The molecular weight excluding hydrogens is 659 g/mol. The van der Waals surface area contributed by atoms with Gasteiger partial charge in [0.2, 0.25) is 0 Å². The molecule has 0 atom stereocenters. The molecule has 0 unspecified atom stereocenters. The van der Waals surface area contributed by atoms with Crippen LogP contribution >= 0.6 is 0 Å². The Morgan fingerprint density at radius 1 is 0.500 bits per heavy atom. The van der Waals surface area contributed by atoms with E-state index in [0.717, 1.165) is 83.9 Å². The zero-order valence-electron chi connectivity index (χ0n) is 31.8. The Labute approximate surface area is 318 Å². The zero-order valence-corrected chi connectivity index (χ0v) is 31.8. The van der Waals surface area contributed by atoms with Gasteiger partial charge in [0.05, 0.1) is 11.4 Å². The molecule has 0 saturated carbocycles. The summed E-state index contributed by atoms with van der Waals surface area (Å²) in [5.41, 5.74) is 14.3. The van der Waals surface area contributed by atoms with Crippen molar-refractivity contribution in [3.63, 3.8) is 0 Å². The Morgan fingerprint density at radius 2 is 1.09 bits per heavy atom. The molecule has 3 heterocycles. The lowest BCUT2D eigenvalue weighted by Crippen LogP contribution is -2.17. The lowest BCUT2D eigenvalue weighted by atomic mass is 9.78. The van der Waals surface area contributed by atoms with E-state index < -0.39 is 0 Å². The molecule has 0 aliphatic heterocycles. The lowest BCUT2D eigenvalue weighted by molar-refractivity contribution is 0.446. The second-order valence-electron chi connectivity index (χ2n) is 16.2. The summed E-state index contributed by atoms with van der Waals surface area (Å²) in [5.74, 6) is 0.273. The Hall–Kier alpha value is -6.26. The van der Waals surface area contributed by atoms with Gasteiger partial charge in [0.15, 0.2) is 0 Å². The Bertz CT molecular complexity index is 2610. The highest BCUT2D eigenvalue weighted by atomic mass is 16.3. The fraction of sp³-hybridized carbons (Fsp3) is 0.160. The first-order valence-corrected chi connectivity index (χ1v) is 18.6. The first kappa shape index (κ1) is 34.8. The summed E-state index contributed by atoms with van der Waals surface area (Å²) in [4.78, 5) is 10.4. The van der Waals surface area contributed by atoms with Crippen LogP contribution in [0.5, 0.6) is 5.75 Å². The van der Waals surface area contributed by atoms with Gasteiger partial charge in [0.25, 0.3) is 0 Å². The largest absolute Gasteiger partial charge is 0.507 e. The summed E-state index contributed by atoms with van der Waals surface area (Å²) < 4.78 is 2.18. The van der Waals surface area contributed by atoms with Gasteiger partial charge in [-0.2, -0.15) is 0 Å². The molecule has 4 heteroatoms. The van der Waals surface area contributed by atoms with E-state index in [-0.39, 0.29) is 16.6 Å². The molecule has 5 aromatic carbocycles. The SMILES string of the molecule is CC(C)(C)c1cc(-c2nc3c(-c4cc(-c5ccccc5)cc(-c5cc(-c6ccccc6)ccn5)c4)cccn3c2-c2ccccc2)c(O)c(C(C)(C)C)c1. The number of nitrogens with zero attached hydrogens (tertiary/aromatic N) is 3. The maximum atomic E-state index is 12.1. The third kappa shape index (κ3) is 6.60. The van der Waals surface area contributed by atoms with Crippen molar-refractivity contribution in [2.24, 2.45) is 0 Å². The molecule has 54 heavy (non-hydrogen) atoms. The van der Waals surface area contributed by atoms with Gasteiger partial charge in [-0.1, -0.05) is 139 Å². The van der Waals surface area contributed by atoms with E-state index in [9.17, 15) is 5.11 Å². The minimum atomic E-state index is -0.280. The summed E-state index contributed by atoms with van der Waals surface area (Å²) >= 11 is 0. The van der Waals surface area contributed by atoms with Crippen LogP contribution in [0.4, 0.5) is 0 Å². The number of hydrogen-bond donors (Lipinski definition) is 1. The average Bonchev–Trinajstić information content (AvgIpc) is 3.57. The Balaban J connectivity index is 1.40. The van der Waals surface area contributed by atoms with Crippen molar-refractivity contribution in [2.45, 2.75) is 52.4 Å². The molecule has 0 radical (unpaired) electrons. The number of aromatic nitrogens is 3. The number of pyridine rings is 2. The van der Waals surface area contributed by atoms with Gasteiger partial charge < -0.3 is 5.11 Å². The van der Waals surface area contributed by atoms with Crippen molar-refractivity contribution in [2.75, 3.05) is 0 Å². The second-order valence-corrected chi connectivity index (χ2v) is 16.2. The lowest BCUT2D eigenvalue weighted by Gasteiger charge is -2.27. The van der Waals surface area contributed by atoms with Crippen molar-refractivity contribution in [1.82, 2.24) is 14.4 Å². The number of benzene rings is 5. The van der Waals surface area contributed by atoms with E-state index in [1.165, 1.54) is 0 Å². The molecule has 0 aliphatic rings. The summed E-state index contributed by atoms with van der Waals surface area (Å²) in [6.45, 7) is 13.1. The van der Waals surface area contributed by atoms with Crippen LogP contribution in [0.1, 0.15) is 52.7 Å². The van der Waals surface area contributed by atoms with Gasteiger partial charge in [-0.15, -0.1) is 0 Å². The van der Waals surface area contributed by atoms with Crippen molar-refractivity contribution < 1.29 is 5.11 Å². The summed E-state index contributed by atoms with van der Waals surface area (Å²) in [5, 5.41) is 12.1. The van der Waals surface area contributed by atoms with Gasteiger partial charge in [0.1, 0.15) is 17.1 Å². The molecule has 0 spiro atoms. The molecule has 0 amide bonds. The molecule has 266 valence electrons. The second kappa shape index (κ2) is 13.6. The average molecular weight is 704 g/mol. The number of aromatic hydroxyl groups is 1. The van der Waals surface area contributed by atoms with Crippen LogP contribution in [0.2, 0.25) is 0 Å². The summed E-state index contributed by atoms with van der Waals surface area (Å²) in [7, 11) is 0. The molecule has 0 aliphatic carbocycles. The highest BCUT2D eigenvalue weighted by Crippen LogP contribution is 2.46. The van der Waals surface area contributed by atoms with Crippen LogP contribution in [-0.4, -0.2) is 19.5 Å². The summed E-state index contributed by atoms with van der Waals surface area (Å²) in [6.07, 6.45) is 3.98. The number of hydrogen-bond acceptors (Lipinski definition) is 3. The molecule has 0 bridgehead atoms. The maximum Gasteiger partial charge on any atom is 0.145 e. The normalized spacial score (nSPS) is 12.0. The third-order valence-electron chi connectivity index (χ3n) is 10.3. The summed E-state index contributed by atoms with van der Waals surface area (Å²) in [6, 6.07) is 50.8. The molecule has 0 saturated heterocycles. The fourth-order valence-corrected chi connectivity index (χ4v) is 7.30. The van der Waals surface area contributed by atoms with Gasteiger partial charge in [0, 0.05) is 40.2 Å². The van der Waals surface area contributed by atoms with Gasteiger partial charge in [-0.3, -0.25) is 9.38 Å². The number of imidazole rings is 1. The van der Waals surface area contributed by atoms with Crippen molar-refractivity contribution >= 4 is 5.65 Å². The predicted molar refractivity (Wildman–Crippen MR) is 225 cm³/mol. The zero-order chi connectivity index (χ0) is 37.6. The smallest absolute Gasteiger partial charge is 0.145 e. The molecular formula is C50H45N3O. The van der Waals surface area contributed by atoms with Crippen molar-refractivity contribution in [3.05, 3.63) is 169 Å². The molecule has 0 fully saturated rings. The van der Waals surface area contributed by atoms with Crippen LogP contribution in [-0.2, 0) is 10.8 Å². The molecule has 8 rings (SSSR count). The monoisotopic (exact) mass is 703 g/mol. The van der Waals surface area contributed by atoms with Gasteiger partial charge in [-0.25, -0.2) is 4.98 Å². The quantitative estimate of drug-likeness (QED) is 0.188. The fourth-order valence-electron chi connectivity index (χ4n) is 7.30. The molecule has 8 aromatic rings. The van der Waals surface area contributed by atoms with E-state index in [4.69, 9.17) is 9.97 Å². The van der Waals surface area contributed by atoms with Crippen molar-refractivity contribution in [3.8, 4) is 72.9 Å². The van der Waals surface area contributed by atoms with Crippen LogP contribution < -0.4 is 0 Å². The van der Waals surface area contributed by atoms with E-state index in [1.54, 1.807) is 0 Å². The predicted octanol–water partition coefficient (Wildman–Crippen LogP) is 13.0. The number of phenolic OH excluding ortho intramolecular Hbond substituents is 1. The van der Waals surface area contributed by atoms with Crippen LogP contribution in [0, 0.1) is 0 Å². The van der Waals surface area contributed by atoms with Crippen LogP contribution in [0.25, 0.3) is 72.8 Å². The van der Waals surface area contributed by atoms with Crippen LogP contribution in [0.3, 0.4) is 0 Å². The van der Waals surface area contributed by atoms with Crippen LogP contribution in [0.15, 0.2) is 158 Å². The standard InChI is InChI=1S/C50H45N3O/c1-49(2,3)40-31-42(47(54)43(32-40)50(4,5)6)45-46(35-21-14-9-15-22-35)53-26-16-23-41(48(53)52-45)38-27-37(34-19-12-8-13-20-34)28-39(29-38)44-30-36(24-25-51-44)33-17-10-7-11-18-33/h7-32,54H,1-6H3. The minimum Gasteiger partial charge on any atom is -0.507 e.